The largest absolute Gasteiger partial charge is 0.310 e. The van der Waals surface area contributed by atoms with Crippen LogP contribution in [-0.2, 0) is 6.54 Å². The van der Waals surface area contributed by atoms with Gasteiger partial charge in [0.2, 0.25) is 0 Å². The predicted molar refractivity (Wildman–Crippen MR) is 65.3 cm³/mol. The van der Waals surface area contributed by atoms with Gasteiger partial charge in [-0.3, -0.25) is 0 Å². The Morgan fingerprint density at radius 1 is 1.25 bits per heavy atom. The van der Waals surface area contributed by atoms with Gasteiger partial charge < -0.3 is 5.32 Å². The third-order valence-electron chi connectivity index (χ3n) is 2.69. The van der Waals surface area contributed by atoms with Gasteiger partial charge in [0, 0.05) is 18.2 Å². The standard InChI is InChI=1S/C12H16BrF2N/c1-3-8(4-2)16-7-9-11(14)6-5-10(13)12(9)15/h5-6,8,16H,3-4,7H2,1-2H3. The minimum Gasteiger partial charge on any atom is -0.310 e. The summed E-state index contributed by atoms with van der Waals surface area (Å²) < 4.78 is 27.3. The second-order valence-electron chi connectivity index (χ2n) is 3.72. The fourth-order valence-electron chi connectivity index (χ4n) is 1.55. The lowest BCUT2D eigenvalue weighted by atomic mass is 10.1. The number of benzene rings is 1. The Morgan fingerprint density at radius 2 is 1.88 bits per heavy atom. The zero-order chi connectivity index (χ0) is 12.1. The Hall–Kier alpha value is -0.480. The van der Waals surface area contributed by atoms with Crippen molar-refractivity contribution in [3.05, 3.63) is 33.8 Å². The summed E-state index contributed by atoms with van der Waals surface area (Å²) in [5.74, 6) is -1.02. The van der Waals surface area contributed by atoms with Crippen molar-refractivity contribution in [2.75, 3.05) is 0 Å². The summed E-state index contributed by atoms with van der Waals surface area (Å²) >= 11 is 3.05. The van der Waals surface area contributed by atoms with Gasteiger partial charge in [0.1, 0.15) is 11.6 Å². The van der Waals surface area contributed by atoms with Crippen LogP contribution in [0.5, 0.6) is 0 Å². The minimum atomic E-state index is -0.515. The van der Waals surface area contributed by atoms with Crippen molar-refractivity contribution in [3.8, 4) is 0 Å². The number of halogens is 3. The monoisotopic (exact) mass is 291 g/mol. The van der Waals surface area contributed by atoms with Crippen LogP contribution in [0.25, 0.3) is 0 Å². The maximum absolute atomic E-state index is 13.6. The van der Waals surface area contributed by atoms with Crippen LogP contribution in [0.15, 0.2) is 16.6 Å². The highest BCUT2D eigenvalue weighted by molar-refractivity contribution is 9.10. The molecule has 0 saturated carbocycles. The van der Waals surface area contributed by atoms with Crippen LogP contribution in [0.1, 0.15) is 32.3 Å². The van der Waals surface area contributed by atoms with E-state index in [-0.39, 0.29) is 12.1 Å². The molecule has 0 radical (unpaired) electrons. The first-order valence-electron chi connectivity index (χ1n) is 5.45. The van der Waals surface area contributed by atoms with Gasteiger partial charge in [-0.15, -0.1) is 0 Å². The number of nitrogens with one attached hydrogen (secondary N) is 1. The van der Waals surface area contributed by atoms with Crippen LogP contribution < -0.4 is 5.32 Å². The van der Waals surface area contributed by atoms with Gasteiger partial charge in [-0.25, -0.2) is 8.78 Å². The molecule has 1 aromatic carbocycles. The van der Waals surface area contributed by atoms with E-state index in [1.807, 2.05) is 0 Å². The molecular weight excluding hydrogens is 276 g/mol. The molecule has 0 unspecified atom stereocenters. The van der Waals surface area contributed by atoms with Gasteiger partial charge in [-0.2, -0.15) is 0 Å². The van der Waals surface area contributed by atoms with Crippen LogP contribution in [0, 0.1) is 11.6 Å². The van der Waals surface area contributed by atoms with E-state index in [0.29, 0.717) is 10.5 Å². The summed E-state index contributed by atoms with van der Waals surface area (Å²) in [5.41, 5.74) is 0.0984. The molecule has 0 aliphatic carbocycles. The maximum Gasteiger partial charge on any atom is 0.144 e. The smallest absolute Gasteiger partial charge is 0.144 e. The lowest BCUT2D eigenvalue weighted by molar-refractivity contribution is 0.460. The molecule has 1 aromatic rings. The summed E-state index contributed by atoms with van der Waals surface area (Å²) in [5, 5.41) is 3.14. The Bertz CT molecular complexity index is 351. The molecule has 1 nitrogen and oxygen atoms in total. The molecule has 4 heteroatoms. The topological polar surface area (TPSA) is 12.0 Å². The highest BCUT2D eigenvalue weighted by Gasteiger charge is 2.13. The van der Waals surface area contributed by atoms with Crippen molar-refractivity contribution >= 4 is 15.9 Å². The first-order valence-corrected chi connectivity index (χ1v) is 6.25. The molecule has 0 amide bonds. The molecule has 0 atom stereocenters. The summed E-state index contributed by atoms with van der Waals surface area (Å²) in [6.07, 6.45) is 1.90. The Balaban J connectivity index is 2.77. The zero-order valence-corrected chi connectivity index (χ0v) is 11.1. The molecule has 90 valence electrons. The zero-order valence-electron chi connectivity index (χ0n) is 9.49. The third-order valence-corrected chi connectivity index (χ3v) is 3.30. The van der Waals surface area contributed by atoms with E-state index in [9.17, 15) is 8.78 Å². The van der Waals surface area contributed by atoms with Crippen molar-refractivity contribution < 1.29 is 8.78 Å². The van der Waals surface area contributed by atoms with Crippen molar-refractivity contribution in [3.63, 3.8) is 0 Å². The first kappa shape index (κ1) is 13.6. The molecule has 1 N–H and O–H groups in total. The van der Waals surface area contributed by atoms with Crippen molar-refractivity contribution in [2.24, 2.45) is 0 Å². The number of rotatable bonds is 5. The number of hydrogen-bond donors (Lipinski definition) is 1. The number of hydrogen-bond acceptors (Lipinski definition) is 1. The van der Waals surface area contributed by atoms with E-state index < -0.39 is 11.6 Å². The lowest BCUT2D eigenvalue weighted by Gasteiger charge is -2.15. The average molecular weight is 292 g/mol. The fourth-order valence-corrected chi connectivity index (χ4v) is 1.93. The fraction of sp³-hybridized carbons (Fsp3) is 0.500. The molecule has 0 spiro atoms. The Kier molecular flexibility index (Phi) is 5.35. The second kappa shape index (κ2) is 6.30. The molecule has 16 heavy (non-hydrogen) atoms. The van der Waals surface area contributed by atoms with Gasteiger partial charge in [0.15, 0.2) is 0 Å². The SMILES string of the molecule is CCC(CC)NCc1c(F)ccc(Br)c1F. The van der Waals surface area contributed by atoms with Crippen LogP contribution >= 0.6 is 15.9 Å². The van der Waals surface area contributed by atoms with Crippen LogP contribution in [0.3, 0.4) is 0 Å². The molecule has 1 rings (SSSR count). The van der Waals surface area contributed by atoms with E-state index in [0.717, 1.165) is 12.8 Å². The predicted octanol–water partition coefficient (Wildman–Crippen LogP) is 4.01. The average Bonchev–Trinajstić information content (AvgIpc) is 2.29. The van der Waals surface area contributed by atoms with Gasteiger partial charge in [-0.1, -0.05) is 13.8 Å². The molecule has 0 saturated heterocycles. The normalized spacial score (nSPS) is 11.1. The van der Waals surface area contributed by atoms with Crippen LogP contribution in [0.2, 0.25) is 0 Å². The molecule has 0 aliphatic heterocycles. The molecule has 0 heterocycles. The van der Waals surface area contributed by atoms with Gasteiger partial charge in [0.05, 0.1) is 4.47 Å². The summed E-state index contributed by atoms with van der Waals surface area (Å²) in [6.45, 7) is 4.33. The van der Waals surface area contributed by atoms with E-state index in [1.165, 1.54) is 12.1 Å². The molecule has 0 aliphatic rings. The van der Waals surface area contributed by atoms with Gasteiger partial charge in [-0.05, 0) is 40.9 Å². The molecule has 0 aromatic heterocycles. The lowest BCUT2D eigenvalue weighted by Crippen LogP contribution is -2.27. The molecular formula is C12H16BrF2N. The second-order valence-corrected chi connectivity index (χ2v) is 4.57. The quantitative estimate of drug-likeness (QED) is 0.809. The Morgan fingerprint density at radius 3 is 2.44 bits per heavy atom. The highest BCUT2D eigenvalue weighted by Crippen LogP contribution is 2.21. The van der Waals surface area contributed by atoms with Gasteiger partial charge >= 0.3 is 0 Å². The van der Waals surface area contributed by atoms with E-state index in [1.54, 1.807) is 0 Å². The summed E-state index contributed by atoms with van der Waals surface area (Å²) in [7, 11) is 0. The highest BCUT2D eigenvalue weighted by atomic mass is 79.9. The van der Waals surface area contributed by atoms with Crippen molar-refractivity contribution in [1.29, 1.82) is 0 Å². The molecule has 0 bridgehead atoms. The van der Waals surface area contributed by atoms with E-state index in [4.69, 9.17) is 0 Å². The van der Waals surface area contributed by atoms with Crippen LogP contribution in [-0.4, -0.2) is 6.04 Å². The summed E-state index contributed by atoms with van der Waals surface area (Å²) in [6, 6.07) is 2.96. The maximum atomic E-state index is 13.6. The molecule has 0 fully saturated rings. The van der Waals surface area contributed by atoms with E-state index >= 15 is 0 Å². The van der Waals surface area contributed by atoms with Crippen LogP contribution in [0.4, 0.5) is 8.78 Å². The van der Waals surface area contributed by atoms with Crippen molar-refractivity contribution in [2.45, 2.75) is 39.3 Å². The van der Waals surface area contributed by atoms with E-state index in [2.05, 4.69) is 35.1 Å². The Labute approximate surface area is 103 Å². The summed E-state index contributed by atoms with van der Waals surface area (Å²) in [4.78, 5) is 0. The van der Waals surface area contributed by atoms with Crippen molar-refractivity contribution in [1.82, 2.24) is 5.32 Å². The van der Waals surface area contributed by atoms with Gasteiger partial charge in [0.25, 0.3) is 0 Å². The third kappa shape index (κ3) is 3.25. The first-order chi connectivity index (χ1) is 7.60. The minimum absolute atomic E-state index is 0.0984.